The van der Waals surface area contributed by atoms with Gasteiger partial charge < -0.3 is 5.32 Å². The highest BCUT2D eigenvalue weighted by Crippen LogP contribution is 2.25. The summed E-state index contributed by atoms with van der Waals surface area (Å²) in [6, 6.07) is 12.4. The van der Waals surface area contributed by atoms with Crippen LogP contribution in [-0.2, 0) is 19.9 Å². The molecule has 1 saturated heterocycles. The molecule has 2 aromatic rings. The summed E-state index contributed by atoms with van der Waals surface area (Å²) in [5.41, 5.74) is 1.23. The van der Waals surface area contributed by atoms with Crippen LogP contribution in [-0.4, -0.2) is 40.8 Å². The fraction of sp³-hybridized carbons (Fsp3) is 0.278. The lowest BCUT2D eigenvalue weighted by molar-refractivity contribution is 0.102. The van der Waals surface area contributed by atoms with Gasteiger partial charge in [0.25, 0.3) is 5.91 Å². The third-order valence-electron chi connectivity index (χ3n) is 4.35. The van der Waals surface area contributed by atoms with Crippen LogP contribution < -0.4 is 9.62 Å². The maximum Gasteiger partial charge on any atom is 0.255 e. The Morgan fingerprint density at radius 1 is 1.15 bits per heavy atom. The maximum atomic E-state index is 12.5. The van der Waals surface area contributed by atoms with E-state index in [0.717, 1.165) is 0 Å². The third kappa shape index (κ3) is 4.14. The molecule has 1 amide bonds. The second kappa shape index (κ2) is 7.32. The topological polar surface area (TPSA) is 101 Å². The van der Waals surface area contributed by atoms with Crippen molar-refractivity contribution in [2.24, 2.45) is 0 Å². The summed E-state index contributed by atoms with van der Waals surface area (Å²) in [5.74, 6) is -0.291. The summed E-state index contributed by atoms with van der Waals surface area (Å²) >= 11 is 0. The Bertz CT molecular complexity index is 1060. The van der Waals surface area contributed by atoms with Crippen LogP contribution in [0.1, 0.15) is 23.7 Å². The highest BCUT2D eigenvalue weighted by molar-refractivity contribution is 7.93. The Kier molecular flexibility index (Phi) is 5.25. The highest BCUT2D eigenvalue weighted by atomic mass is 32.2. The largest absolute Gasteiger partial charge is 0.322 e. The number of nitrogens with one attached hydrogen (secondary N) is 1. The van der Waals surface area contributed by atoms with Gasteiger partial charge in [-0.15, -0.1) is 0 Å². The first-order valence-electron chi connectivity index (χ1n) is 8.47. The molecule has 2 aromatic carbocycles. The molecule has 144 valence electrons. The Morgan fingerprint density at radius 3 is 2.44 bits per heavy atom. The van der Waals surface area contributed by atoms with Gasteiger partial charge in [-0.05, 0) is 48.9 Å². The van der Waals surface area contributed by atoms with Gasteiger partial charge in [-0.2, -0.15) is 0 Å². The fourth-order valence-corrected chi connectivity index (χ4v) is 5.29. The molecule has 0 aromatic heterocycles. The molecule has 3 rings (SSSR count). The number of hydrogen-bond donors (Lipinski definition) is 1. The van der Waals surface area contributed by atoms with Crippen LogP contribution in [0.3, 0.4) is 0 Å². The first-order valence-corrected chi connectivity index (χ1v) is 11.7. The fourth-order valence-electron chi connectivity index (χ4n) is 2.85. The number of rotatable bonds is 5. The summed E-state index contributed by atoms with van der Waals surface area (Å²) in [4.78, 5) is 12.7. The zero-order chi connectivity index (χ0) is 19.7. The lowest BCUT2D eigenvalue weighted by atomic mass is 10.2. The van der Waals surface area contributed by atoms with Crippen LogP contribution in [0, 0.1) is 0 Å². The van der Waals surface area contributed by atoms with E-state index in [0.29, 0.717) is 29.9 Å². The first-order chi connectivity index (χ1) is 12.7. The molecule has 0 atom stereocenters. The standard InChI is InChI=1S/C18H20N2O5S2/c1-2-26(22,23)17-9-7-15(8-10-17)19-18(21)14-5-3-6-16(13-14)20-11-4-12-27(20,24)25/h3,5-10,13H,2,4,11-12H2,1H3,(H,19,21). The summed E-state index contributed by atoms with van der Waals surface area (Å²) < 4.78 is 49.1. The van der Waals surface area contributed by atoms with Crippen LogP contribution in [0.25, 0.3) is 0 Å². The van der Waals surface area contributed by atoms with Crippen molar-refractivity contribution in [1.29, 1.82) is 0 Å². The van der Waals surface area contributed by atoms with Crippen molar-refractivity contribution in [3.05, 3.63) is 54.1 Å². The van der Waals surface area contributed by atoms with Gasteiger partial charge in [-0.25, -0.2) is 16.8 Å². The summed E-state index contributed by atoms with van der Waals surface area (Å²) in [6.45, 7) is 1.97. The maximum absolute atomic E-state index is 12.5. The molecule has 1 N–H and O–H groups in total. The molecule has 1 heterocycles. The zero-order valence-electron chi connectivity index (χ0n) is 14.8. The first kappa shape index (κ1) is 19.4. The molecule has 9 heteroatoms. The molecule has 0 bridgehead atoms. The Balaban J connectivity index is 1.78. The minimum absolute atomic E-state index is 0.00487. The predicted molar refractivity (Wildman–Crippen MR) is 104 cm³/mol. The van der Waals surface area contributed by atoms with Gasteiger partial charge in [0.05, 0.1) is 22.1 Å². The molecule has 1 aliphatic rings. The van der Waals surface area contributed by atoms with Crippen LogP contribution in [0.2, 0.25) is 0 Å². The second-order valence-corrected chi connectivity index (χ2v) is 10.5. The number of carbonyl (C=O) groups is 1. The SMILES string of the molecule is CCS(=O)(=O)c1ccc(NC(=O)c2cccc(N3CCCS3(=O)=O)c2)cc1. The van der Waals surface area contributed by atoms with Crippen molar-refractivity contribution in [1.82, 2.24) is 0 Å². The molecular formula is C18H20N2O5S2. The molecule has 0 unspecified atom stereocenters. The van der Waals surface area contributed by atoms with Gasteiger partial charge in [0.1, 0.15) is 0 Å². The number of anilines is 2. The van der Waals surface area contributed by atoms with Gasteiger partial charge >= 0.3 is 0 Å². The number of sulfone groups is 1. The Labute approximate surface area is 159 Å². The molecule has 0 aliphatic carbocycles. The predicted octanol–water partition coefficient (Wildman–Crippen LogP) is 2.27. The van der Waals surface area contributed by atoms with Crippen LogP contribution >= 0.6 is 0 Å². The average Bonchev–Trinajstić information content (AvgIpc) is 3.01. The van der Waals surface area contributed by atoms with E-state index in [1.54, 1.807) is 25.1 Å². The van der Waals surface area contributed by atoms with Crippen molar-refractivity contribution >= 4 is 37.1 Å². The van der Waals surface area contributed by atoms with Gasteiger partial charge in [0.15, 0.2) is 9.84 Å². The van der Waals surface area contributed by atoms with Gasteiger partial charge in [-0.3, -0.25) is 9.10 Å². The van der Waals surface area contributed by atoms with E-state index in [1.165, 1.54) is 34.6 Å². The third-order valence-corrected chi connectivity index (χ3v) is 7.97. The number of carbonyl (C=O) groups excluding carboxylic acids is 1. The van der Waals surface area contributed by atoms with Gasteiger partial charge in [0.2, 0.25) is 10.0 Å². The average molecular weight is 409 g/mol. The molecule has 1 aliphatic heterocycles. The van der Waals surface area contributed by atoms with Crippen molar-refractivity contribution in [3.8, 4) is 0 Å². The van der Waals surface area contributed by atoms with Crippen molar-refractivity contribution in [3.63, 3.8) is 0 Å². The molecule has 0 spiro atoms. The van der Waals surface area contributed by atoms with Crippen LogP contribution in [0.5, 0.6) is 0 Å². The van der Waals surface area contributed by atoms with Crippen molar-refractivity contribution in [2.45, 2.75) is 18.2 Å². The van der Waals surface area contributed by atoms with E-state index < -0.39 is 25.8 Å². The van der Waals surface area contributed by atoms with E-state index in [4.69, 9.17) is 0 Å². The molecule has 27 heavy (non-hydrogen) atoms. The van der Waals surface area contributed by atoms with E-state index in [9.17, 15) is 21.6 Å². The number of sulfonamides is 1. The number of nitrogens with zero attached hydrogens (tertiary/aromatic N) is 1. The number of amides is 1. The normalized spacial score (nSPS) is 16.3. The molecular weight excluding hydrogens is 388 g/mol. The van der Waals surface area contributed by atoms with Gasteiger partial charge in [0, 0.05) is 17.8 Å². The van der Waals surface area contributed by atoms with E-state index in [2.05, 4.69) is 5.32 Å². The highest BCUT2D eigenvalue weighted by Gasteiger charge is 2.28. The van der Waals surface area contributed by atoms with E-state index >= 15 is 0 Å². The Hall–Kier alpha value is -2.39. The van der Waals surface area contributed by atoms with Crippen LogP contribution in [0.4, 0.5) is 11.4 Å². The van der Waals surface area contributed by atoms with Gasteiger partial charge in [-0.1, -0.05) is 13.0 Å². The van der Waals surface area contributed by atoms with E-state index in [-0.39, 0.29) is 16.4 Å². The lowest BCUT2D eigenvalue weighted by Crippen LogP contribution is -2.25. The minimum Gasteiger partial charge on any atom is -0.322 e. The summed E-state index contributed by atoms with van der Waals surface area (Å²) in [6.07, 6.45) is 0.561. The lowest BCUT2D eigenvalue weighted by Gasteiger charge is -2.17. The zero-order valence-corrected chi connectivity index (χ0v) is 16.4. The molecule has 7 nitrogen and oxygen atoms in total. The van der Waals surface area contributed by atoms with Crippen molar-refractivity contribution < 1.29 is 21.6 Å². The molecule has 0 radical (unpaired) electrons. The number of hydrogen-bond acceptors (Lipinski definition) is 5. The van der Waals surface area contributed by atoms with Crippen LogP contribution in [0.15, 0.2) is 53.4 Å². The summed E-state index contributed by atoms with van der Waals surface area (Å²) in [5, 5.41) is 2.69. The number of benzene rings is 2. The summed E-state index contributed by atoms with van der Waals surface area (Å²) in [7, 11) is -6.61. The minimum atomic E-state index is -3.32. The quantitative estimate of drug-likeness (QED) is 0.818. The second-order valence-electron chi connectivity index (χ2n) is 6.17. The smallest absolute Gasteiger partial charge is 0.255 e. The molecule has 1 fully saturated rings. The molecule has 0 saturated carbocycles. The monoisotopic (exact) mass is 408 g/mol. The van der Waals surface area contributed by atoms with E-state index in [1.807, 2.05) is 0 Å². The van der Waals surface area contributed by atoms with Crippen molar-refractivity contribution in [2.75, 3.05) is 27.7 Å². The Morgan fingerprint density at radius 2 is 1.85 bits per heavy atom.